The third kappa shape index (κ3) is 7.34. The van der Waals surface area contributed by atoms with Crippen LogP contribution < -0.4 is 5.32 Å². The first-order valence-electron chi connectivity index (χ1n) is 7.60. The molecule has 1 aliphatic rings. The first-order valence-corrected chi connectivity index (χ1v) is 7.60. The maximum absolute atomic E-state index is 5.69. The fourth-order valence-electron chi connectivity index (χ4n) is 2.33. The van der Waals surface area contributed by atoms with E-state index >= 15 is 0 Å². The van der Waals surface area contributed by atoms with Crippen LogP contribution in [0.15, 0.2) is 0 Å². The Balaban J connectivity index is 1.97. The molecule has 1 N–H and O–H groups in total. The number of morpholine rings is 1. The van der Waals surface area contributed by atoms with Gasteiger partial charge in [-0.1, -0.05) is 13.3 Å². The van der Waals surface area contributed by atoms with E-state index in [4.69, 9.17) is 4.74 Å². The van der Waals surface area contributed by atoms with Gasteiger partial charge in [-0.2, -0.15) is 0 Å². The van der Waals surface area contributed by atoms with Crippen LogP contribution in [-0.2, 0) is 4.74 Å². The maximum Gasteiger partial charge on any atom is 0.0700 e. The first kappa shape index (κ1) is 15.9. The second-order valence-corrected chi connectivity index (χ2v) is 6.44. The molecule has 0 aliphatic carbocycles. The first-order chi connectivity index (χ1) is 8.51. The molecule has 18 heavy (non-hydrogen) atoms. The minimum Gasteiger partial charge on any atom is -0.376 e. The van der Waals surface area contributed by atoms with Crippen molar-refractivity contribution in [1.29, 1.82) is 0 Å². The monoisotopic (exact) mass is 256 g/mol. The van der Waals surface area contributed by atoms with Crippen LogP contribution in [0.3, 0.4) is 0 Å². The van der Waals surface area contributed by atoms with Gasteiger partial charge in [0.05, 0.1) is 12.7 Å². The van der Waals surface area contributed by atoms with Gasteiger partial charge < -0.3 is 10.1 Å². The Kier molecular flexibility index (Phi) is 7.20. The minimum absolute atomic E-state index is 0.262. The standard InChI is InChI=1S/C15H32N2O/c1-5-14-13-17(11-12-18-14)10-8-6-7-9-16-15(2,3)4/h14,16H,5-13H2,1-4H3. The van der Waals surface area contributed by atoms with Gasteiger partial charge >= 0.3 is 0 Å². The van der Waals surface area contributed by atoms with E-state index in [0.717, 1.165) is 32.7 Å². The molecule has 3 heteroatoms. The molecule has 3 nitrogen and oxygen atoms in total. The second-order valence-electron chi connectivity index (χ2n) is 6.44. The van der Waals surface area contributed by atoms with E-state index in [-0.39, 0.29) is 5.54 Å². The summed E-state index contributed by atoms with van der Waals surface area (Å²) < 4.78 is 5.69. The molecule has 0 bridgehead atoms. The number of nitrogens with one attached hydrogen (secondary N) is 1. The van der Waals surface area contributed by atoms with Gasteiger partial charge in [-0.25, -0.2) is 0 Å². The molecule has 108 valence electrons. The Morgan fingerprint density at radius 2 is 2.00 bits per heavy atom. The lowest BCUT2D eigenvalue weighted by Crippen LogP contribution is -2.42. The highest BCUT2D eigenvalue weighted by Crippen LogP contribution is 2.09. The number of hydrogen-bond acceptors (Lipinski definition) is 3. The summed E-state index contributed by atoms with van der Waals surface area (Å²) in [6.45, 7) is 14.5. The summed E-state index contributed by atoms with van der Waals surface area (Å²) in [5, 5.41) is 3.54. The van der Waals surface area contributed by atoms with Crippen LogP contribution in [0.4, 0.5) is 0 Å². The van der Waals surface area contributed by atoms with Crippen LogP contribution in [0.25, 0.3) is 0 Å². The molecule has 0 aromatic carbocycles. The SMILES string of the molecule is CCC1CN(CCCCCNC(C)(C)C)CCO1. The lowest BCUT2D eigenvalue weighted by atomic mass is 10.1. The van der Waals surface area contributed by atoms with E-state index in [1.54, 1.807) is 0 Å². The van der Waals surface area contributed by atoms with E-state index in [1.165, 1.54) is 25.8 Å². The van der Waals surface area contributed by atoms with E-state index < -0.39 is 0 Å². The Bertz CT molecular complexity index is 213. The summed E-state index contributed by atoms with van der Waals surface area (Å²) in [6.07, 6.45) is 5.56. The zero-order valence-electron chi connectivity index (χ0n) is 12.8. The number of ether oxygens (including phenoxy) is 1. The van der Waals surface area contributed by atoms with Crippen molar-refractivity contribution in [2.75, 3.05) is 32.8 Å². The summed E-state index contributed by atoms with van der Waals surface area (Å²) in [4.78, 5) is 2.56. The van der Waals surface area contributed by atoms with Crippen molar-refractivity contribution in [1.82, 2.24) is 10.2 Å². The van der Waals surface area contributed by atoms with E-state index in [9.17, 15) is 0 Å². The van der Waals surface area contributed by atoms with Gasteiger partial charge in [-0.15, -0.1) is 0 Å². The van der Waals surface area contributed by atoms with Gasteiger partial charge in [0.15, 0.2) is 0 Å². The smallest absolute Gasteiger partial charge is 0.0700 e. The van der Waals surface area contributed by atoms with Crippen molar-refractivity contribution in [3.63, 3.8) is 0 Å². The average Bonchev–Trinajstić information content (AvgIpc) is 2.32. The molecule has 0 radical (unpaired) electrons. The van der Waals surface area contributed by atoms with Gasteiger partial charge in [0.2, 0.25) is 0 Å². The van der Waals surface area contributed by atoms with Crippen molar-refractivity contribution in [2.45, 2.75) is 65.0 Å². The minimum atomic E-state index is 0.262. The van der Waals surface area contributed by atoms with Crippen molar-refractivity contribution in [2.24, 2.45) is 0 Å². The quantitative estimate of drug-likeness (QED) is 0.709. The van der Waals surface area contributed by atoms with Crippen molar-refractivity contribution >= 4 is 0 Å². The maximum atomic E-state index is 5.69. The normalized spacial score (nSPS) is 22.3. The number of rotatable bonds is 7. The van der Waals surface area contributed by atoms with Gasteiger partial charge in [0.25, 0.3) is 0 Å². The van der Waals surface area contributed by atoms with Crippen LogP contribution in [0, 0.1) is 0 Å². The van der Waals surface area contributed by atoms with E-state index in [2.05, 4.69) is 37.9 Å². The summed E-state index contributed by atoms with van der Waals surface area (Å²) in [5.74, 6) is 0. The molecule has 1 aliphatic heterocycles. The Hall–Kier alpha value is -0.120. The fourth-order valence-corrected chi connectivity index (χ4v) is 2.33. The lowest BCUT2D eigenvalue weighted by molar-refractivity contribution is -0.0299. The molecule has 0 aromatic heterocycles. The molecule has 1 fully saturated rings. The third-order valence-corrected chi connectivity index (χ3v) is 3.48. The molecule has 0 aromatic rings. The molecule has 1 atom stereocenters. The Morgan fingerprint density at radius 1 is 1.22 bits per heavy atom. The summed E-state index contributed by atoms with van der Waals surface area (Å²) >= 11 is 0. The number of nitrogens with zero attached hydrogens (tertiary/aromatic N) is 1. The lowest BCUT2D eigenvalue weighted by Gasteiger charge is -2.32. The predicted octanol–water partition coefficient (Wildman–Crippen LogP) is 2.66. The molecular formula is C15H32N2O. The molecule has 1 saturated heterocycles. The summed E-state index contributed by atoms with van der Waals surface area (Å²) in [6, 6.07) is 0. The molecule has 1 unspecified atom stereocenters. The molecule has 1 rings (SSSR count). The highest BCUT2D eigenvalue weighted by Gasteiger charge is 2.17. The van der Waals surface area contributed by atoms with Crippen LogP contribution in [0.5, 0.6) is 0 Å². The van der Waals surface area contributed by atoms with Crippen LogP contribution in [0.1, 0.15) is 53.4 Å². The zero-order valence-corrected chi connectivity index (χ0v) is 12.8. The van der Waals surface area contributed by atoms with Crippen LogP contribution in [0.2, 0.25) is 0 Å². The highest BCUT2D eigenvalue weighted by molar-refractivity contribution is 4.71. The molecular weight excluding hydrogens is 224 g/mol. The van der Waals surface area contributed by atoms with Gasteiger partial charge in [-0.3, -0.25) is 4.90 Å². The molecule has 0 amide bonds. The molecule has 0 spiro atoms. The van der Waals surface area contributed by atoms with Gasteiger partial charge in [-0.05, 0) is 53.1 Å². The van der Waals surface area contributed by atoms with E-state index in [1.807, 2.05) is 0 Å². The van der Waals surface area contributed by atoms with Crippen molar-refractivity contribution < 1.29 is 4.74 Å². The van der Waals surface area contributed by atoms with Gasteiger partial charge in [0, 0.05) is 18.6 Å². The predicted molar refractivity (Wildman–Crippen MR) is 78.1 cm³/mol. The Labute approximate surface area is 113 Å². The fraction of sp³-hybridized carbons (Fsp3) is 1.00. The van der Waals surface area contributed by atoms with Crippen molar-refractivity contribution in [3.05, 3.63) is 0 Å². The summed E-state index contributed by atoms with van der Waals surface area (Å²) in [7, 11) is 0. The van der Waals surface area contributed by atoms with Crippen molar-refractivity contribution in [3.8, 4) is 0 Å². The topological polar surface area (TPSA) is 24.5 Å². The highest BCUT2D eigenvalue weighted by atomic mass is 16.5. The summed E-state index contributed by atoms with van der Waals surface area (Å²) in [5.41, 5.74) is 0.262. The number of unbranched alkanes of at least 4 members (excludes halogenated alkanes) is 2. The number of hydrogen-bond donors (Lipinski definition) is 1. The van der Waals surface area contributed by atoms with Crippen LogP contribution >= 0.6 is 0 Å². The molecule has 1 heterocycles. The Morgan fingerprint density at radius 3 is 2.67 bits per heavy atom. The second kappa shape index (κ2) is 8.13. The zero-order chi connectivity index (χ0) is 13.4. The average molecular weight is 256 g/mol. The largest absolute Gasteiger partial charge is 0.376 e. The third-order valence-electron chi connectivity index (χ3n) is 3.48. The van der Waals surface area contributed by atoms with Crippen LogP contribution in [-0.4, -0.2) is 49.3 Å². The van der Waals surface area contributed by atoms with Gasteiger partial charge in [0.1, 0.15) is 0 Å². The van der Waals surface area contributed by atoms with E-state index in [0.29, 0.717) is 6.10 Å². The molecule has 0 saturated carbocycles.